The highest BCUT2D eigenvalue weighted by Gasteiger charge is 2.32. The van der Waals surface area contributed by atoms with E-state index in [0.29, 0.717) is 44.5 Å². The van der Waals surface area contributed by atoms with Crippen molar-refractivity contribution in [1.29, 1.82) is 0 Å². The average Bonchev–Trinajstić information content (AvgIpc) is 2.66. The average molecular weight is 374 g/mol. The molecule has 0 saturated carbocycles. The molecular formula is C20H30N4O3. The molecule has 2 heterocycles. The van der Waals surface area contributed by atoms with E-state index in [0.717, 1.165) is 11.3 Å². The summed E-state index contributed by atoms with van der Waals surface area (Å²) in [7, 11) is 0. The summed E-state index contributed by atoms with van der Waals surface area (Å²) in [5.74, 6) is 1.00. The number of nitrogens with zero attached hydrogens (tertiary/aromatic N) is 2. The zero-order valence-corrected chi connectivity index (χ0v) is 16.6. The molecule has 1 aromatic carbocycles. The molecule has 3 amide bonds. The molecule has 2 aliphatic rings. The van der Waals surface area contributed by atoms with Crippen LogP contribution in [0.2, 0.25) is 0 Å². The van der Waals surface area contributed by atoms with Crippen molar-refractivity contribution in [3.05, 3.63) is 23.8 Å². The van der Waals surface area contributed by atoms with Crippen LogP contribution in [-0.4, -0.2) is 66.6 Å². The minimum Gasteiger partial charge on any atom is -0.490 e. The Hall–Kier alpha value is -2.28. The van der Waals surface area contributed by atoms with E-state index in [1.165, 1.54) is 0 Å². The molecule has 0 radical (unpaired) electrons. The molecule has 3 rings (SSSR count). The first-order valence-corrected chi connectivity index (χ1v) is 9.69. The molecule has 0 unspecified atom stereocenters. The van der Waals surface area contributed by atoms with Crippen molar-refractivity contribution in [3.63, 3.8) is 0 Å². The number of hydrogen-bond acceptors (Lipinski definition) is 4. The number of carbonyl (C=O) groups is 2. The largest absolute Gasteiger partial charge is 0.490 e. The van der Waals surface area contributed by atoms with Crippen molar-refractivity contribution in [2.45, 2.75) is 45.7 Å². The number of ether oxygens (including phenoxy) is 1. The zero-order chi connectivity index (χ0) is 19.6. The SMILES string of the molecule is CC(C)NC(=O)N1CCN2CC(=O)Nc3cc(C(C)C)ccc3OC[C@@H]2C1. The summed E-state index contributed by atoms with van der Waals surface area (Å²) in [4.78, 5) is 28.8. The van der Waals surface area contributed by atoms with Crippen LogP contribution in [0.5, 0.6) is 5.75 Å². The molecular weight excluding hydrogens is 344 g/mol. The molecule has 148 valence electrons. The number of anilines is 1. The Balaban J connectivity index is 1.76. The van der Waals surface area contributed by atoms with E-state index in [9.17, 15) is 9.59 Å². The van der Waals surface area contributed by atoms with Gasteiger partial charge in [-0.2, -0.15) is 0 Å². The van der Waals surface area contributed by atoms with Crippen LogP contribution in [0.3, 0.4) is 0 Å². The maximum atomic E-state index is 12.5. The molecule has 27 heavy (non-hydrogen) atoms. The minimum absolute atomic E-state index is 0.0156. The molecule has 7 heteroatoms. The number of hydrogen-bond donors (Lipinski definition) is 2. The summed E-state index contributed by atoms with van der Waals surface area (Å²) >= 11 is 0. The molecule has 1 aromatic rings. The van der Waals surface area contributed by atoms with Crippen molar-refractivity contribution >= 4 is 17.6 Å². The topological polar surface area (TPSA) is 73.9 Å². The Morgan fingerprint density at radius 2 is 2.04 bits per heavy atom. The van der Waals surface area contributed by atoms with Gasteiger partial charge in [0.15, 0.2) is 0 Å². The van der Waals surface area contributed by atoms with Gasteiger partial charge in [0.2, 0.25) is 5.91 Å². The molecule has 2 N–H and O–H groups in total. The smallest absolute Gasteiger partial charge is 0.317 e. The van der Waals surface area contributed by atoms with Crippen LogP contribution >= 0.6 is 0 Å². The van der Waals surface area contributed by atoms with E-state index in [4.69, 9.17) is 4.74 Å². The predicted octanol–water partition coefficient (Wildman–Crippen LogP) is 2.25. The Morgan fingerprint density at radius 3 is 2.74 bits per heavy atom. The summed E-state index contributed by atoms with van der Waals surface area (Å²) in [5.41, 5.74) is 1.88. The van der Waals surface area contributed by atoms with E-state index in [2.05, 4.69) is 29.4 Å². The van der Waals surface area contributed by atoms with Crippen LogP contribution in [0.4, 0.5) is 10.5 Å². The van der Waals surface area contributed by atoms with Crippen molar-refractivity contribution in [3.8, 4) is 5.75 Å². The quantitative estimate of drug-likeness (QED) is 0.833. The predicted molar refractivity (Wildman–Crippen MR) is 105 cm³/mol. The highest BCUT2D eigenvalue weighted by atomic mass is 16.5. The standard InChI is InChI=1S/C20H30N4O3/c1-13(2)15-5-6-18-17(9-15)22-19(25)11-23-7-8-24(10-16(23)12-27-18)20(26)21-14(3)4/h5-6,9,13-14,16H,7-8,10-12H2,1-4H3,(H,21,26)(H,22,25)/t16-/m0/s1. The third-order valence-corrected chi connectivity index (χ3v) is 5.03. The second-order valence-electron chi connectivity index (χ2n) is 7.94. The fourth-order valence-corrected chi connectivity index (χ4v) is 3.47. The molecule has 2 aliphatic heterocycles. The minimum atomic E-state index is -0.0593. The van der Waals surface area contributed by atoms with Gasteiger partial charge in [0.05, 0.1) is 18.3 Å². The van der Waals surface area contributed by atoms with Gasteiger partial charge in [-0.05, 0) is 37.5 Å². The Bertz CT molecular complexity index is 704. The van der Waals surface area contributed by atoms with Gasteiger partial charge in [-0.25, -0.2) is 4.79 Å². The second kappa shape index (κ2) is 8.17. The van der Waals surface area contributed by atoms with E-state index in [1.54, 1.807) is 0 Å². The molecule has 0 spiro atoms. The monoisotopic (exact) mass is 374 g/mol. The molecule has 0 bridgehead atoms. The zero-order valence-electron chi connectivity index (χ0n) is 16.6. The number of carbonyl (C=O) groups excluding carboxylic acids is 2. The highest BCUT2D eigenvalue weighted by Crippen LogP contribution is 2.30. The van der Waals surface area contributed by atoms with E-state index < -0.39 is 0 Å². The molecule has 1 atom stereocenters. The van der Waals surface area contributed by atoms with Crippen LogP contribution in [-0.2, 0) is 4.79 Å². The lowest BCUT2D eigenvalue weighted by Crippen LogP contribution is -2.59. The summed E-state index contributed by atoms with van der Waals surface area (Å²) in [6, 6.07) is 5.97. The molecule has 0 aliphatic carbocycles. The van der Waals surface area contributed by atoms with Crippen LogP contribution in [0, 0.1) is 0 Å². The van der Waals surface area contributed by atoms with Crippen LogP contribution < -0.4 is 15.4 Å². The Kier molecular flexibility index (Phi) is 5.89. The van der Waals surface area contributed by atoms with Gasteiger partial charge in [0.25, 0.3) is 0 Å². The van der Waals surface area contributed by atoms with Gasteiger partial charge in [-0.15, -0.1) is 0 Å². The molecule has 1 fully saturated rings. The Labute approximate surface area is 161 Å². The van der Waals surface area contributed by atoms with Crippen molar-refractivity contribution in [1.82, 2.24) is 15.1 Å². The first-order valence-electron chi connectivity index (χ1n) is 9.69. The van der Waals surface area contributed by atoms with Crippen molar-refractivity contribution in [2.75, 3.05) is 38.1 Å². The second-order valence-corrected chi connectivity index (χ2v) is 7.94. The fraction of sp³-hybridized carbons (Fsp3) is 0.600. The first kappa shape index (κ1) is 19.5. The van der Waals surface area contributed by atoms with Crippen LogP contribution in [0.1, 0.15) is 39.2 Å². The van der Waals surface area contributed by atoms with E-state index >= 15 is 0 Å². The number of benzene rings is 1. The number of urea groups is 1. The maximum Gasteiger partial charge on any atom is 0.317 e. The van der Waals surface area contributed by atoms with Gasteiger partial charge < -0.3 is 20.3 Å². The Morgan fingerprint density at radius 1 is 1.26 bits per heavy atom. The summed E-state index contributed by atoms with van der Waals surface area (Å²) in [5, 5.41) is 5.93. The van der Waals surface area contributed by atoms with Gasteiger partial charge >= 0.3 is 6.03 Å². The molecule has 7 nitrogen and oxygen atoms in total. The molecule has 0 aromatic heterocycles. The van der Waals surface area contributed by atoms with Gasteiger partial charge in [0.1, 0.15) is 12.4 Å². The summed E-state index contributed by atoms with van der Waals surface area (Å²) in [6.45, 7) is 10.7. The van der Waals surface area contributed by atoms with Gasteiger partial charge in [-0.1, -0.05) is 19.9 Å². The first-order chi connectivity index (χ1) is 12.8. The lowest BCUT2D eigenvalue weighted by molar-refractivity contribution is -0.118. The third-order valence-electron chi connectivity index (χ3n) is 5.03. The van der Waals surface area contributed by atoms with Gasteiger partial charge in [0, 0.05) is 25.7 Å². The van der Waals surface area contributed by atoms with E-state index in [1.807, 2.05) is 36.9 Å². The third kappa shape index (κ3) is 4.71. The number of rotatable bonds is 2. The van der Waals surface area contributed by atoms with Crippen LogP contribution in [0.25, 0.3) is 0 Å². The van der Waals surface area contributed by atoms with Crippen molar-refractivity contribution < 1.29 is 14.3 Å². The number of fused-ring (bicyclic) bond motifs is 2. The number of amides is 3. The number of piperazine rings is 1. The van der Waals surface area contributed by atoms with Crippen molar-refractivity contribution in [2.24, 2.45) is 0 Å². The van der Waals surface area contributed by atoms with E-state index in [-0.39, 0.29) is 24.0 Å². The summed E-state index contributed by atoms with van der Waals surface area (Å²) < 4.78 is 6.06. The fourth-order valence-electron chi connectivity index (χ4n) is 3.47. The normalized spacial score (nSPS) is 20.7. The highest BCUT2D eigenvalue weighted by molar-refractivity contribution is 5.94. The van der Waals surface area contributed by atoms with Crippen LogP contribution in [0.15, 0.2) is 18.2 Å². The lowest BCUT2D eigenvalue weighted by atomic mass is 10.0. The molecule has 1 saturated heterocycles. The number of nitrogens with one attached hydrogen (secondary N) is 2. The lowest BCUT2D eigenvalue weighted by Gasteiger charge is -2.40. The summed E-state index contributed by atoms with van der Waals surface area (Å²) in [6.07, 6.45) is 0. The maximum absolute atomic E-state index is 12.5. The van der Waals surface area contributed by atoms with Gasteiger partial charge in [-0.3, -0.25) is 9.69 Å².